The molecule has 3 nitrogen and oxygen atoms in total. The molecule has 0 radical (unpaired) electrons. The van der Waals surface area contributed by atoms with Crippen LogP contribution in [-0.2, 0) is 0 Å². The molecule has 3 heteroatoms. The molecule has 3 rings (SSSR count). The average Bonchev–Trinajstić information content (AvgIpc) is 2.91. The van der Waals surface area contributed by atoms with Crippen LogP contribution < -0.4 is 4.74 Å². The lowest BCUT2D eigenvalue weighted by Gasteiger charge is -2.05. The molecule has 0 unspecified atom stereocenters. The van der Waals surface area contributed by atoms with Gasteiger partial charge in [-0.15, -0.1) is 0 Å². The summed E-state index contributed by atoms with van der Waals surface area (Å²) in [5.74, 6) is 1.82. The zero-order valence-corrected chi connectivity index (χ0v) is 13.4. The second-order valence-corrected chi connectivity index (χ2v) is 5.77. The zero-order chi connectivity index (χ0) is 15.5. The fourth-order valence-electron chi connectivity index (χ4n) is 2.45. The van der Waals surface area contributed by atoms with Gasteiger partial charge in [-0.3, -0.25) is 0 Å². The van der Waals surface area contributed by atoms with E-state index in [1.54, 1.807) is 0 Å². The van der Waals surface area contributed by atoms with Crippen LogP contribution in [0, 0.1) is 13.8 Å². The number of imidazole rings is 1. The molecule has 0 saturated heterocycles. The van der Waals surface area contributed by atoms with Crippen molar-refractivity contribution in [1.29, 1.82) is 0 Å². The smallest absolute Gasteiger partial charge is 0.138 e. The number of ether oxygens (including phenoxy) is 1. The molecule has 2 aromatic carbocycles. The lowest BCUT2D eigenvalue weighted by molar-refractivity contribution is 0.309. The highest BCUT2D eigenvalue weighted by atomic mass is 16.5. The highest BCUT2D eigenvalue weighted by Gasteiger charge is 2.07. The predicted octanol–water partition coefficient (Wildman–Crippen LogP) is 5.03. The Hall–Kier alpha value is -2.29. The van der Waals surface area contributed by atoms with Crippen molar-refractivity contribution in [1.82, 2.24) is 9.97 Å². The lowest BCUT2D eigenvalue weighted by atomic mass is 10.1. The zero-order valence-electron chi connectivity index (χ0n) is 13.4. The largest absolute Gasteiger partial charge is 0.494 e. The molecule has 1 aromatic heterocycles. The van der Waals surface area contributed by atoms with Gasteiger partial charge in [-0.2, -0.15) is 0 Å². The number of nitrogens with one attached hydrogen (secondary N) is 1. The summed E-state index contributed by atoms with van der Waals surface area (Å²) in [6.07, 6.45) is 2.24. The maximum Gasteiger partial charge on any atom is 0.138 e. The third-order valence-corrected chi connectivity index (χ3v) is 3.99. The minimum atomic E-state index is 0.777. The van der Waals surface area contributed by atoms with Gasteiger partial charge in [0.2, 0.25) is 0 Å². The van der Waals surface area contributed by atoms with Crippen LogP contribution >= 0.6 is 0 Å². The Kier molecular flexibility index (Phi) is 4.14. The van der Waals surface area contributed by atoms with Crippen LogP contribution in [0.1, 0.15) is 30.9 Å². The molecule has 0 spiro atoms. The molecule has 3 aromatic rings. The predicted molar refractivity (Wildman–Crippen MR) is 91.4 cm³/mol. The minimum Gasteiger partial charge on any atom is -0.494 e. The Morgan fingerprint density at radius 2 is 1.77 bits per heavy atom. The lowest BCUT2D eigenvalue weighted by Crippen LogP contribution is -1.96. The van der Waals surface area contributed by atoms with E-state index in [9.17, 15) is 0 Å². The van der Waals surface area contributed by atoms with Gasteiger partial charge in [0, 0.05) is 5.56 Å². The van der Waals surface area contributed by atoms with E-state index in [0.717, 1.165) is 47.6 Å². The van der Waals surface area contributed by atoms with E-state index in [1.807, 2.05) is 12.1 Å². The monoisotopic (exact) mass is 294 g/mol. The second-order valence-electron chi connectivity index (χ2n) is 5.77. The maximum absolute atomic E-state index is 5.70. The molecular formula is C19H22N2O. The average molecular weight is 294 g/mol. The van der Waals surface area contributed by atoms with Crippen LogP contribution in [-0.4, -0.2) is 16.6 Å². The van der Waals surface area contributed by atoms with E-state index in [4.69, 9.17) is 9.72 Å². The fourth-order valence-corrected chi connectivity index (χ4v) is 2.45. The fraction of sp³-hybridized carbons (Fsp3) is 0.316. The summed E-state index contributed by atoms with van der Waals surface area (Å²) in [6, 6.07) is 12.4. The molecule has 0 aliphatic heterocycles. The van der Waals surface area contributed by atoms with Crippen molar-refractivity contribution in [2.24, 2.45) is 0 Å². The number of hydrogen-bond donors (Lipinski definition) is 1. The van der Waals surface area contributed by atoms with Gasteiger partial charge in [0.25, 0.3) is 0 Å². The molecular weight excluding hydrogens is 272 g/mol. The van der Waals surface area contributed by atoms with Gasteiger partial charge in [-0.25, -0.2) is 4.98 Å². The summed E-state index contributed by atoms with van der Waals surface area (Å²) >= 11 is 0. The molecule has 0 fully saturated rings. The first kappa shape index (κ1) is 14.6. The summed E-state index contributed by atoms with van der Waals surface area (Å²) < 4.78 is 5.70. The third-order valence-electron chi connectivity index (χ3n) is 3.99. The Morgan fingerprint density at radius 3 is 2.50 bits per heavy atom. The first-order chi connectivity index (χ1) is 10.7. The highest BCUT2D eigenvalue weighted by molar-refractivity contribution is 5.81. The van der Waals surface area contributed by atoms with E-state index >= 15 is 0 Å². The SMILES string of the molecule is CCCCOc1ccc(-c2nc3cc(C)c(C)cc3[nH]2)cc1. The van der Waals surface area contributed by atoms with Crippen molar-refractivity contribution in [2.75, 3.05) is 6.61 Å². The van der Waals surface area contributed by atoms with Crippen LogP contribution in [0.3, 0.4) is 0 Å². The number of H-pyrrole nitrogens is 1. The van der Waals surface area contributed by atoms with Crippen LogP contribution in [0.4, 0.5) is 0 Å². The van der Waals surface area contributed by atoms with Crippen LogP contribution in [0.15, 0.2) is 36.4 Å². The van der Waals surface area contributed by atoms with Crippen LogP contribution in [0.2, 0.25) is 0 Å². The molecule has 22 heavy (non-hydrogen) atoms. The molecule has 1 N–H and O–H groups in total. The maximum atomic E-state index is 5.70. The first-order valence-corrected chi connectivity index (χ1v) is 7.87. The van der Waals surface area contributed by atoms with Gasteiger partial charge < -0.3 is 9.72 Å². The number of nitrogens with zero attached hydrogens (tertiary/aromatic N) is 1. The van der Waals surface area contributed by atoms with Gasteiger partial charge >= 0.3 is 0 Å². The summed E-state index contributed by atoms with van der Waals surface area (Å²) in [7, 11) is 0. The molecule has 0 saturated carbocycles. The number of unbranched alkanes of at least 4 members (excludes halogenated alkanes) is 1. The Bertz CT molecular complexity index is 733. The van der Waals surface area contributed by atoms with E-state index in [0.29, 0.717) is 0 Å². The van der Waals surface area contributed by atoms with Crippen LogP contribution in [0.5, 0.6) is 5.75 Å². The first-order valence-electron chi connectivity index (χ1n) is 7.87. The number of rotatable bonds is 5. The number of aromatic amines is 1. The van der Waals surface area contributed by atoms with Crippen molar-refractivity contribution in [3.63, 3.8) is 0 Å². The second kappa shape index (κ2) is 6.22. The molecule has 1 heterocycles. The van der Waals surface area contributed by atoms with Crippen molar-refractivity contribution >= 4 is 11.0 Å². The molecule has 0 amide bonds. The van der Waals surface area contributed by atoms with E-state index in [1.165, 1.54) is 11.1 Å². The summed E-state index contributed by atoms with van der Waals surface area (Å²) in [6.45, 7) is 7.18. The van der Waals surface area contributed by atoms with Gasteiger partial charge in [0.1, 0.15) is 11.6 Å². The van der Waals surface area contributed by atoms with Crippen LogP contribution in [0.25, 0.3) is 22.4 Å². The molecule has 0 aliphatic carbocycles. The standard InChI is InChI=1S/C19H22N2O/c1-4-5-10-22-16-8-6-15(7-9-16)19-20-17-11-13(2)14(3)12-18(17)21-19/h6-9,11-12H,4-5,10H2,1-3H3,(H,20,21). The van der Waals surface area contributed by atoms with Crippen molar-refractivity contribution < 1.29 is 4.74 Å². The number of hydrogen-bond acceptors (Lipinski definition) is 2. The van der Waals surface area contributed by atoms with Crippen molar-refractivity contribution in [2.45, 2.75) is 33.6 Å². The number of aryl methyl sites for hydroxylation is 2. The number of fused-ring (bicyclic) bond motifs is 1. The molecule has 0 atom stereocenters. The molecule has 0 bridgehead atoms. The quantitative estimate of drug-likeness (QED) is 0.670. The Morgan fingerprint density at radius 1 is 1.05 bits per heavy atom. The summed E-state index contributed by atoms with van der Waals surface area (Å²) in [5.41, 5.74) is 5.73. The third kappa shape index (κ3) is 2.98. The summed E-state index contributed by atoms with van der Waals surface area (Å²) in [5, 5.41) is 0. The van der Waals surface area contributed by atoms with E-state index < -0.39 is 0 Å². The van der Waals surface area contributed by atoms with E-state index in [2.05, 4.69) is 50.0 Å². The topological polar surface area (TPSA) is 37.9 Å². The molecule has 0 aliphatic rings. The normalized spacial score (nSPS) is 11.0. The molecule has 114 valence electrons. The van der Waals surface area contributed by atoms with Crippen molar-refractivity contribution in [3.05, 3.63) is 47.5 Å². The van der Waals surface area contributed by atoms with E-state index in [-0.39, 0.29) is 0 Å². The van der Waals surface area contributed by atoms with Crippen molar-refractivity contribution in [3.8, 4) is 17.1 Å². The van der Waals surface area contributed by atoms with Gasteiger partial charge in [0.05, 0.1) is 17.6 Å². The highest BCUT2D eigenvalue weighted by Crippen LogP contribution is 2.24. The Labute approximate surface area is 131 Å². The minimum absolute atomic E-state index is 0.777. The van der Waals surface area contributed by atoms with Gasteiger partial charge in [-0.1, -0.05) is 13.3 Å². The number of aromatic nitrogens is 2. The summed E-state index contributed by atoms with van der Waals surface area (Å²) in [4.78, 5) is 8.09. The Balaban J connectivity index is 1.84. The van der Waals surface area contributed by atoms with Gasteiger partial charge in [-0.05, 0) is 67.8 Å². The van der Waals surface area contributed by atoms with Gasteiger partial charge in [0.15, 0.2) is 0 Å². The number of benzene rings is 2.